The second-order valence-electron chi connectivity index (χ2n) is 8.70. The van der Waals surface area contributed by atoms with Gasteiger partial charge in [-0.25, -0.2) is 4.98 Å². The Morgan fingerprint density at radius 3 is 2.33 bits per heavy atom. The second-order valence-corrected chi connectivity index (χ2v) is 8.70. The second kappa shape index (κ2) is 11.6. The molecule has 0 bridgehead atoms. The highest BCUT2D eigenvalue weighted by molar-refractivity contribution is 6.00. The number of aromatic hydroxyl groups is 1. The molecular formula is C30H33N3O3. The lowest BCUT2D eigenvalue weighted by atomic mass is 9.99. The molecule has 186 valence electrons. The van der Waals surface area contributed by atoms with E-state index in [1.807, 2.05) is 66.1 Å². The Labute approximate surface area is 212 Å². The van der Waals surface area contributed by atoms with E-state index in [1.54, 1.807) is 31.4 Å². The normalized spacial score (nSPS) is 11.8. The largest absolute Gasteiger partial charge is 0.508 e. The summed E-state index contributed by atoms with van der Waals surface area (Å²) in [5.41, 5.74) is 3.75. The number of benzene rings is 3. The first kappa shape index (κ1) is 25.0. The fourth-order valence-corrected chi connectivity index (χ4v) is 4.51. The minimum Gasteiger partial charge on any atom is -0.508 e. The van der Waals surface area contributed by atoms with E-state index in [0.29, 0.717) is 17.9 Å². The van der Waals surface area contributed by atoms with Crippen LogP contribution in [0.1, 0.15) is 55.2 Å². The number of nitrogens with one attached hydrogen (secondary N) is 1. The van der Waals surface area contributed by atoms with Crippen LogP contribution in [0.3, 0.4) is 0 Å². The van der Waals surface area contributed by atoms with Crippen molar-refractivity contribution in [2.45, 2.75) is 45.7 Å². The number of methoxy groups -OCH3 is 1. The number of rotatable bonds is 10. The number of aromatic nitrogens is 2. The summed E-state index contributed by atoms with van der Waals surface area (Å²) >= 11 is 0. The van der Waals surface area contributed by atoms with E-state index in [4.69, 9.17) is 9.72 Å². The third-order valence-electron chi connectivity index (χ3n) is 6.34. The highest BCUT2D eigenvalue weighted by atomic mass is 16.5. The van der Waals surface area contributed by atoms with Gasteiger partial charge in [-0.05, 0) is 43.7 Å². The fourth-order valence-electron chi connectivity index (χ4n) is 4.51. The molecule has 4 aromatic rings. The van der Waals surface area contributed by atoms with E-state index in [9.17, 15) is 9.90 Å². The molecule has 0 aliphatic rings. The van der Waals surface area contributed by atoms with Gasteiger partial charge in [0.05, 0.1) is 13.2 Å². The van der Waals surface area contributed by atoms with Gasteiger partial charge in [0.2, 0.25) is 0 Å². The molecule has 4 rings (SSSR count). The van der Waals surface area contributed by atoms with Gasteiger partial charge >= 0.3 is 0 Å². The van der Waals surface area contributed by atoms with E-state index in [2.05, 4.69) is 12.2 Å². The Morgan fingerprint density at radius 2 is 1.67 bits per heavy atom. The third-order valence-corrected chi connectivity index (χ3v) is 6.34. The van der Waals surface area contributed by atoms with Crippen LogP contribution in [0.5, 0.6) is 11.5 Å². The van der Waals surface area contributed by atoms with Gasteiger partial charge in [0.15, 0.2) is 0 Å². The number of carbonyl (C=O) groups excluding carboxylic acids is 1. The van der Waals surface area contributed by atoms with Gasteiger partial charge in [-0.15, -0.1) is 0 Å². The lowest BCUT2D eigenvalue weighted by Crippen LogP contribution is -2.31. The zero-order valence-electron chi connectivity index (χ0n) is 21.1. The average molecular weight is 484 g/mol. The van der Waals surface area contributed by atoms with Crippen LogP contribution in [-0.4, -0.2) is 27.7 Å². The highest BCUT2D eigenvalue weighted by Gasteiger charge is 2.27. The topological polar surface area (TPSA) is 76.4 Å². The smallest absolute Gasteiger partial charge is 0.270 e. The molecule has 1 unspecified atom stereocenters. The predicted octanol–water partition coefficient (Wildman–Crippen LogP) is 6.61. The number of hydrogen-bond donors (Lipinski definition) is 2. The summed E-state index contributed by atoms with van der Waals surface area (Å²) in [6, 6.07) is 24.3. The van der Waals surface area contributed by atoms with E-state index >= 15 is 0 Å². The van der Waals surface area contributed by atoms with Crippen molar-refractivity contribution < 1.29 is 14.6 Å². The lowest BCUT2D eigenvalue weighted by Gasteiger charge is -2.22. The molecule has 0 spiro atoms. The Balaban J connectivity index is 1.82. The number of phenolic OH excluding ortho intramolecular Hbond substituents is 1. The summed E-state index contributed by atoms with van der Waals surface area (Å²) < 4.78 is 7.58. The molecule has 1 heterocycles. The summed E-state index contributed by atoms with van der Waals surface area (Å²) in [6.45, 7) is 4.73. The number of para-hydroxylation sites is 1. The van der Waals surface area contributed by atoms with Crippen molar-refractivity contribution in [1.29, 1.82) is 0 Å². The van der Waals surface area contributed by atoms with Crippen molar-refractivity contribution in [2.75, 3.05) is 7.11 Å². The molecule has 3 aromatic carbocycles. The maximum absolute atomic E-state index is 14.0. The van der Waals surface area contributed by atoms with Gasteiger partial charge in [-0.3, -0.25) is 4.79 Å². The maximum atomic E-state index is 14.0. The molecule has 0 saturated heterocycles. The van der Waals surface area contributed by atoms with Crippen molar-refractivity contribution in [3.8, 4) is 34.1 Å². The molecule has 1 aromatic heterocycles. The van der Waals surface area contributed by atoms with Gasteiger partial charge in [0.25, 0.3) is 5.91 Å². The number of unbranched alkanes of at least 4 members (excludes halogenated alkanes) is 1. The Kier molecular flexibility index (Phi) is 8.06. The van der Waals surface area contributed by atoms with Crippen molar-refractivity contribution in [2.24, 2.45) is 0 Å². The van der Waals surface area contributed by atoms with Crippen LogP contribution < -0.4 is 10.1 Å². The molecule has 1 amide bonds. The Bertz CT molecular complexity index is 1300. The number of hydrogen-bond acceptors (Lipinski definition) is 4. The molecule has 0 radical (unpaired) electrons. The summed E-state index contributed by atoms with van der Waals surface area (Å²) in [6.07, 6.45) is 2.78. The van der Waals surface area contributed by atoms with Crippen molar-refractivity contribution >= 4 is 5.91 Å². The van der Waals surface area contributed by atoms with Crippen LogP contribution in [0.15, 0.2) is 78.9 Å². The highest BCUT2D eigenvalue weighted by Crippen LogP contribution is 2.33. The molecule has 0 aliphatic heterocycles. The Morgan fingerprint density at radius 1 is 0.972 bits per heavy atom. The molecular weight excluding hydrogens is 450 g/mol. The van der Waals surface area contributed by atoms with Crippen LogP contribution in [0.4, 0.5) is 0 Å². The van der Waals surface area contributed by atoms with Crippen molar-refractivity contribution in [3.63, 3.8) is 0 Å². The van der Waals surface area contributed by atoms with Gasteiger partial charge in [-0.2, -0.15) is 0 Å². The van der Waals surface area contributed by atoms with Gasteiger partial charge < -0.3 is 19.7 Å². The Hall–Kier alpha value is -4.06. The number of nitrogens with zero attached hydrogens (tertiary/aromatic N) is 2. The molecule has 2 N–H and O–H groups in total. The number of ether oxygens (including phenoxy) is 1. The SMILES string of the molecule is CCCCC(NC(=O)c1c(-c2ccc(O)cc2)nc(-c2ccccc2)n1CC)c1ccccc1OC. The predicted molar refractivity (Wildman–Crippen MR) is 143 cm³/mol. The van der Waals surface area contributed by atoms with E-state index in [0.717, 1.165) is 47.5 Å². The molecule has 0 fully saturated rings. The molecule has 6 heteroatoms. The molecule has 0 aliphatic carbocycles. The lowest BCUT2D eigenvalue weighted by molar-refractivity contribution is 0.0925. The number of imidazole rings is 1. The van der Waals surface area contributed by atoms with Gasteiger partial charge in [0, 0.05) is 23.2 Å². The minimum absolute atomic E-state index is 0.166. The quantitative estimate of drug-likeness (QED) is 0.266. The summed E-state index contributed by atoms with van der Waals surface area (Å²) in [4.78, 5) is 19.0. The maximum Gasteiger partial charge on any atom is 0.270 e. The van der Waals surface area contributed by atoms with Crippen LogP contribution in [0.25, 0.3) is 22.6 Å². The first-order valence-electron chi connectivity index (χ1n) is 12.5. The third kappa shape index (κ3) is 5.28. The van der Waals surface area contributed by atoms with Crippen LogP contribution >= 0.6 is 0 Å². The number of phenols is 1. The summed E-state index contributed by atoms with van der Waals surface area (Å²) in [5.74, 6) is 1.46. The van der Waals surface area contributed by atoms with E-state index < -0.39 is 0 Å². The van der Waals surface area contributed by atoms with E-state index in [1.165, 1.54) is 0 Å². The number of carbonyl (C=O) groups is 1. The van der Waals surface area contributed by atoms with Crippen LogP contribution in [0, 0.1) is 0 Å². The van der Waals surface area contributed by atoms with Gasteiger partial charge in [-0.1, -0.05) is 68.3 Å². The van der Waals surface area contributed by atoms with Crippen molar-refractivity contribution in [1.82, 2.24) is 14.9 Å². The van der Waals surface area contributed by atoms with Crippen LogP contribution in [0.2, 0.25) is 0 Å². The zero-order chi connectivity index (χ0) is 25.5. The molecule has 1 atom stereocenters. The first-order valence-corrected chi connectivity index (χ1v) is 12.5. The minimum atomic E-state index is -0.207. The first-order chi connectivity index (χ1) is 17.6. The fraction of sp³-hybridized carbons (Fsp3) is 0.267. The zero-order valence-corrected chi connectivity index (χ0v) is 21.1. The summed E-state index contributed by atoms with van der Waals surface area (Å²) in [5, 5.41) is 13.1. The molecule has 36 heavy (non-hydrogen) atoms. The molecule has 0 saturated carbocycles. The van der Waals surface area contributed by atoms with Gasteiger partial charge in [0.1, 0.15) is 28.7 Å². The average Bonchev–Trinajstić information content (AvgIpc) is 3.31. The van der Waals surface area contributed by atoms with E-state index in [-0.39, 0.29) is 17.7 Å². The standard InChI is InChI=1S/C30H33N3O3/c1-4-6-15-25(24-14-10-11-16-26(24)36-3)31-30(35)28-27(21-17-19-23(34)20-18-21)32-29(33(28)5-2)22-12-8-7-9-13-22/h7-14,16-20,25,34H,4-6,15H2,1-3H3,(H,31,35). The van der Waals surface area contributed by atoms with Crippen molar-refractivity contribution in [3.05, 3.63) is 90.1 Å². The monoisotopic (exact) mass is 483 g/mol. The summed E-state index contributed by atoms with van der Waals surface area (Å²) in [7, 11) is 1.65. The number of amides is 1. The van der Waals surface area contributed by atoms with Crippen LogP contribution in [-0.2, 0) is 6.54 Å². The molecule has 6 nitrogen and oxygen atoms in total.